The Balaban J connectivity index is 2.34. The lowest BCUT2D eigenvalue weighted by molar-refractivity contribution is 0.369. The monoisotopic (exact) mass is 193 g/mol. The second-order valence-corrected chi connectivity index (χ2v) is 4.38. The molecule has 1 aliphatic carbocycles. The van der Waals surface area contributed by atoms with Gasteiger partial charge in [-0.3, -0.25) is 4.68 Å². The Morgan fingerprint density at radius 2 is 2.43 bits per heavy atom. The Morgan fingerprint density at radius 1 is 1.64 bits per heavy atom. The van der Waals surface area contributed by atoms with E-state index < -0.39 is 0 Å². The van der Waals surface area contributed by atoms with Crippen molar-refractivity contribution in [3.05, 3.63) is 17.5 Å². The largest absolute Gasteiger partial charge is 0.330 e. The normalized spacial score (nSPS) is 26.2. The lowest BCUT2D eigenvalue weighted by atomic mass is 9.78. The molecule has 2 atom stereocenters. The van der Waals surface area contributed by atoms with Crippen LogP contribution in [0.3, 0.4) is 0 Å². The summed E-state index contributed by atoms with van der Waals surface area (Å²) in [6.07, 6.45) is 5.58. The quantitative estimate of drug-likeness (QED) is 0.772. The molecule has 1 heterocycles. The van der Waals surface area contributed by atoms with Crippen LogP contribution in [0.5, 0.6) is 0 Å². The van der Waals surface area contributed by atoms with Gasteiger partial charge >= 0.3 is 0 Å². The number of hydrogen-bond donors (Lipinski definition) is 1. The fourth-order valence-electron chi connectivity index (χ4n) is 2.62. The van der Waals surface area contributed by atoms with E-state index >= 15 is 0 Å². The zero-order chi connectivity index (χ0) is 10.1. The van der Waals surface area contributed by atoms with Crippen molar-refractivity contribution in [2.75, 3.05) is 6.54 Å². The summed E-state index contributed by atoms with van der Waals surface area (Å²) in [6.45, 7) is 3.11. The summed E-state index contributed by atoms with van der Waals surface area (Å²) in [7, 11) is 2.04. The molecule has 0 spiro atoms. The molecule has 1 aromatic heterocycles. The highest BCUT2D eigenvalue weighted by Crippen LogP contribution is 2.37. The lowest BCUT2D eigenvalue weighted by Gasteiger charge is -2.29. The minimum Gasteiger partial charge on any atom is -0.330 e. The van der Waals surface area contributed by atoms with Crippen LogP contribution in [0, 0.1) is 5.92 Å². The number of aryl methyl sites for hydroxylation is 2. The summed E-state index contributed by atoms with van der Waals surface area (Å²) in [5.41, 5.74) is 8.53. The predicted octanol–water partition coefficient (Wildman–Crippen LogP) is 1.43. The fraction of sp³-hybridized carbons (Fsp3) is 0.727. The maximum absolute atomic E-state index is 5.67. The van der Waals surface area contributed by atoms with Gasteiger partial charge in [0, 0.05) is 18.7 Å². The predicted molar refractivity (Wildman–Crippen MR) is 57.1 cm³/mol. The third kappa shape index (κ3) is 1.46. The first-order chi connectivity index (χ1) is 6.74. The number of hydrogen-bond acceptors (Lipinski definition) is 2. The van der Waals surface area contributed by atoms with Crippen LogP contribution in [0.25, 0.3) is 0 Å². The first-order valence-electron chi connectivity index (χ1n) is 5.45. The molecule has 0 saturated heterocycles. The van der Waals surface area contributed by atoms with Crippen molar-refractivity contribution in [1.29, 1.82) is 0 Å². The highest BCUT2D eigenvalue weighted by atomic mass is 15.3. The molecule has 2 rings (SSSR count). The van der Waals surface area contributed by atoms with Gasteiger partial charge in [-0.15, -0.1) is 0 Å². The molecule has 2 unspecified atom stereocenters. The van der Waals surface area contributed by atoms with Crippen LogP contribution in [-0.2, 0) is 13.5 Å². The summed E-state index contributed by atoms with van der Waals surface area (Å²) < 4.78 is 2.03. The topological polar surface area (TPSA) is 43.8 Å². The van der Waals surface area contributed by atoms with Crippen molar-refractivity contribution in [3.63, 3.8) is 0 Å². The summed E-state index contributed by atoms with van der Waals surface area (Å²) in [5.74, 6) is 1.37. The van der Waals surface area contributed by atoms with Gasteiger partial charge in [-0.05, 0) is 37.3 Å². The molecule has 0 amide bonds. The highest BCUT2D eigenvalue weighted by molar-refractivity contribution is 5.25. The molecule has 0 bridgehead atoms. The van der Waals surface area contributed by atoms with Gasteiger partial charge in [-0.25, -0.2) is 0 Å². The minimum absolute atomic E-state index is 0.622. The van der Waals surface area contributed by atoms with Gasteiger partial charge in [-0.2, -0.15) is 5.10 Å². The summed E-state index contributed by atoms with van der Waals surface area (Å²) in [4.78, 5) is 0. The smallest absolute Gasteiger partial charge is 0.0524 e. The molecule has 78 valence electrons. The van der Waals surface area contributed by atoms with Crippen LogP contribution in [0.15, 0.2) is 6.20 Å². The van der Waals surface area contributed by atoms with Gasteiger partial charge in [0.2, 0.25) is 0 Å². The molecule has 0 fully saturated rings. The third-order valence-electron chi connectivity index (χ3n) is 3.45. The van der Waals surface area contributed by atoms with Gasteiger partial charge in [0.25, 0.3) is 0 Å². The second-order valence-electron chi connectivity index (χ2n) is 4.38. The Labute approximate surface area is 85.3 Å². The van der Waals surface area contributed by atoms with Crippen LogP contribution in [0.1, 0.15) is 36.9 Å². The number of aromatic nitrogens is 2. The van der Waals surface area contributed by atoms with Crippen molar-refractivity contribution in [1.82, 2.24) is 9.78 Å². The standard InChI is InChI=1S/C11H19N3/c1-8-3-4-9-7-13-14(2)11(9)10(8)5-6-12/h7-8,10H,3-6,12H2,1-2H3. The van der Waals surface area contributed by atoms with Crippen LogP contribution in [-0.4, -0.2) is 16.3 Å². The number of nitrogens with two attached hydrogens (primary N) is 1. The lowest BCUT2D eigenvalue weighted by Crippen LogP contribution is -2.22. The van der Waals surface area contributed by atoms with E-state index in [1.807, 2.05) is 17.9 Å². The van der Waals surface area contributed by atoms with E-state index in [-0.39, 0.29) is 0 Å². The van der Waals surface area contributed by atoms with Gasteiger partial charge in [0.1, 0.15) is 0 Å². The van der Waals surface area contributed by atoms with Gasteiger partial charge in [0.05, 0.1) is 6.20 Å². The van der Waals surface area contributed by atoms with Gasteiger partial charge in [0.15, 0.2) is 0 Å². The van der Waals surface area contributed by atoms with E-state index in [9.17, 15) is 0 Å². The third-order valence-corrected chi connectivity index (χ3v) is 3.45. The average Bonchev–Trinajstić information content (AvgIpc) is 2.53. The molecule has 0 radical (unpaired) electrons. The van der Waals surface area contributed by atoms with Crippen LogP contribution < -0.4 is 5.73 Å². The van der Waals surface area contributed by atoms with E-state index in [1.54, 1.807) is 0 Å². The minimum atomic E-state index is 0.622. The number of nitrogens with zero attached hydrogens (tertiary/aromatic N) is 2. The molecule has 0 saturated carbocycles. The van der Waals surface area contributed by atoms with Crippen LogP contribution in [0.4, 0.5) is 0 Å². The molecule has 1 aliphatic rings. The van der Waals surface area contributed by atoms with Gasteiger partial charge < -0.3 is 5.73 Å². The van der Waals surface area contributed by atoms with E-state index in [0.717, 1.165) is 18.9 Å². The maximum atomic E-state index is 5.67. The molecular formula is C11H19N3. The molecular weight excluding hydrogens is 174 g/mol. The average molecular weight is 193 g/mol. The molecule has 14 heavy (non-hydrogen) atoms. The van der Waals surface area contributed by atoms with Crippen molar-refractivity contribution < 1.29 is 0 Å². The number of fused-ring (bicyclic) bond motifs is 1. The molecule has 2 N–H and O–H groups in total. The molecule has 1 aromatic rings. The van der Waals surface area contributed by atoms with E-state index in [1.165, 1.54) is 24.1 Å². The fourth-order valence-corrected chi connectivity index (χ4v) is 2.62. The summed E-state index contributed by atoms with van der Waals surface area (Å²) in [5, 5.41) is 4.34. The van der Waals surface area contributed by atoms with Crippen molar-refractivity contribution in [3.8, 4) is 0 Å². The Kier molecular flexibility index (Phi) is 2.59. The van der Waals surface area contributed by atoms with E-state index in [2.05, 4.69) is 12.0 Å². The second kappa shape index (κ2) is 3.73. The van der Waals surface area contributed by atoms with Gasteiger partial charge in [-0.1, -0.05) is 6.92 Å². The summed E-state index contributed by atoms with van der Waals surface area (Å²) in [6, 6.07) is 0. The SMILES string of the molecule is CC1CCc2cnn(C)c2C1CCN. The Bertz CT molecular complexity index is 316. The number of rotatable bonds is 2. The maximum Gasteiger partial charge on any atom is 0.0524 e. The highest BCUT2D eigenvalue weighted by Gasteiger charge is 2.28. The first kappa shape index (κ1) is 9.71. The summed E-state index contributed by atoms with van der Waals surface area (Å²) >= 11 is 0. The first-order valence-corrected chi connectivity index (χ1v) is 5.45. The molecule has 0 aliphatic heterocycles. The molecule has 3 heteroatoms. The molecule has 0 aromatic carbocycles. The van der Waals surface area contributed by atoms with Crippen molar-refractivity contribution in [2.45, 2.75) is 32.1 Å². The van der Waals surface area contributed by atoms with Crippen LogP contribution >= 0.6 is 0 Å². The van der Waals surface area contributed by atoms with E-state index in [0.29, 0.717) is 5.92 Å². The molecule has 3 nitrogen and oxygen atoms in total. The zero-order valence-electron chi connectivity index (χ0n) is 9.03. The van der Waals surface area contributed by atoms with Crippen LogP contribution in [0.2, 0.25) is 0 Å². The van der Waals surface area contributed by atoms with Crippen molar-refractivity contribution >= 4 is 0 Å². The Morgan fingerprint density at radius 3 is 3.14 bits per heavy atom. The zero-order valence-corrected chi connectivity index (χ0v) is 9.03. The Hall–Kier alpha value is -0.830. The van der Waals surface area contributed by atoms with Crippen molar-refractivity contribution in [2.24, 2.45) is 18.7 Å². The van der Waals surface area contributed by atoms with E-state index in [4.69, 9.17) is 5.73 Å².